The Morgan fingerprint density at radius 2 is 2.00 bits per heavy atom. The highest BCUT2D eigenvalue weighted by Crippen LogP contribution is 2.31. The molecule has 0 spiro atoms. The van der Waals surface area contributed by atoms with Crippen LogP contribution < -0.4 is 10.2 Å². The van der Waals surface area contributed by atoms with Crippen LogP contribution in [0.15, 0.2) is 30.5 Å². The molecule has 2 N–H and O–H groups in total. The number of rotatable bonds is 8. The van der Waals surface area contributed by atoms with E-state index in [1.54, 1.807) is 38.2 Å². The first kappa shape index (κ1) is 23.7. The van der Waals surface area contributed by atoms with Crippen molar-refractivity contribution in [1.82, 2.24) is 14.9 Å². The van der Waals surface area contributed by atoms with Crippen LogP contribution in [0.1, 0.15) is 32.9 Å². The summed E-state index contributed by atoms with van der Waals surface area (Å²) in [5.41, 5.74) is 3.29. The molecule has 1 unspecified atom stereocenters. The number of carbonyl (C=O) groups excluding carboxylic acids is 2. The third-order valence-corrected chi connectivity index (χ3v) is 7.64. The number of sulfone groups is 1. The number of hydroxylamine groups is 1. The lowest BCUT2D eigenvalue weighted by Gasteiger charge is -2.27. The van der Waals surface area contributed by atoms with Gasteiger partial charge in [-0.2, -0.15) is 0 Å². The Morgan fingerprint density at radius 1 is 1.31 bits per heavy atom. The van der Waals surface area contributed by atoms with Crippen molar-refractivity contribution in [3.63, 3.8) is 0 Å². The van der Waals surface area contributed by atoms with Crippen LogP contribution in [0.2, 0.25) is 0 Å². The number of amides is 2. The van der Waals surface area contributed by atoms with Crippen LogP contribution in [0.3, 0.4) is 0 Å². The summed E-state index contributed by atoms with van der Waals surface area (Å²) in [7, 11) is -3.86. The first-order chi connectivity index (χ1) is 14.9. The monoisotopic (exact) mass is 467 g/mol. The molecule has 0 bridgehead atoms. The van der Waals surface area contributed by atoms with E-state index < -0.39 is 26.3 Å². The molecule has 1 atom stereocenters. The molecule has 0 saturated carbocycles. The summed E-state index contributed by atoms with van der Waals surface area (Å²) in [5, 5.41) is 8.92. The lowest BCUT2D eigenvalue weighted by molar-refractivity contribution is -0.131. The second-order valence-electron chi connectivity index (χ2n) is 8.30. The molecule has 2 aromatic rings. The zero-order chi connectivity index (χ0) is 23.8. The molecule has 9 nitrogen and oxygen atoms in total. The molecule has 0 aliphatic carbocycles. The number of benzene rings is 1. The summed E-state index contributed by atoms with van der Waals surface area (Å²) >= 11 is 0. The zero-order valence-corrected chi connectivity index (χ0v) is 19.1. The van der Waals surface area contributed by atoms with Gasteiger partial charge in [-0.3, -0.25) is 14.6 Å². The zero-order valence-electron chi connectivity index (χ0n) is 18.3. The fourth-order valence-electron chi connectivity index (χ4n) is 3.52. The summed E-state index contributed by atoms with van der Waals surface area (Å²) in [6, 6.07) is 5.97. The van der Waals surface area contributed by atoms with E-state index in [1.165, 1.54) is 27.9 Å². The number of ether oxygens (including phenoxy) is 1. The molecular weight excluding hydrogens is 441 g/mol. The SMILES string of the molecule is CC(C)Oc1ccc(-c2cc3n(c2)C(=O)N(CCC(C)(C(=O)NO)S(C)(=O)=O)C3)cc1F. The maximum absolute atomic E-state index is 14.3. The van der Waals surface area contributed by atoms with Gasteiger partial charge in [0.15, 0.2) is 26.2 Å². The Hall–Kier alpha value is -2.92. The number of carbonyl (C=O) groups is 2. The van der Waals surface area contributed by atoms with E-state index >= 15 is 0 Å². The normalized spacial score (nSPS) is 15.6. The molecule has 1 aliphatic rings. The van der Waals surface area contributed by atoms with Crippen molar-refractivity contribution in [2.45, 2.75) is 44.6 Å². The highest BCUT2D eigenvalue weighted by Gasteiger charge is 2.44. The maximum Gasteiger partial charge on any atom is 0.328 e. The van der Waals surface area contributed by atoms with Crippen LogP contribution in [0, 0.1) is 5.82 Å². The molecule has 1 aromatic heterocycles. The summed E-state index contributed by atoms with van der Waals surface area (Å²) in [6.07, 6.45) is 2.14. The molecule has 3 rings (SSSR count). The largest absolute Gasteiger partial charge is 0.488 e. The Kier molecular flexibility index (Phi) is 6.34. The lowest BCUT2D eigenvalue weighted by Crippen LogP contribution is -2.50. The average Bonchev–Trinajstić information content (AvgIpc) is 3.25. The van der Waals surface area contributed by atoms with Gasteiger partial charge in [0.1, 0.15) is 0 Å². The molecule has 11 heteroatoms. The van der Waals surface area contributed by atoms with Gasteiger partial charge in [-0.25, -0.2) is 23.1 Å². The van der Waals surface area contributed by atoms with Crippen molar-refractivity contribution >= 4 is 21.8 Å². The Balaban J connectivity index is 1.75. The van der Waals surface area contributed by atoms with Gasteiger partial charge in [0.05, 0.1) is 12.6 Å². The molecule has 174 valence electrons. The number of halogens is 1. The van der Waals surface area contributed by atoms with E-state index in [0.717, 1.165) is 6.26 Å². The van der Waals surface area contributed by atoms with Crippen molar-refractivity contribution in [3.8, 4) is 16.9 Å². The Labute approximate surface area is 185 Å². The minimum Gasteiger partial charge on any atom is -0.488 e. The van der Waals surface area contributed by atoms with Gasteiger partial charge >= 0.3 is 6.03 Å². The fraction of sp³-hybridized carbons (Fsp3) is 0.429. The van der Waals surface area contributed by atoms with E-state index in [1.807, 2.05) is 0 Å². The van der Waals surface area contributed by atoms with Gasteiger partial charge in [0.25, 0.3) is 5.91 Å². The summed E-state index contributed by atoms with van der Waals surface area (Å²) < 4.78 is 43.5. The second kappa shape index (κ2) is 8.55. The van der Waals surface area contributed by atoms with Crippen molar-refractivity contribution in [2.75, 3.05) is 12.8 Å². The first-order valence-electron chi connectivity index (χ1n) is 9.98. The van der Waals surface area contributed by atoms with E-state index in [-0.39, 0.29) is 37.4 Å². The maximum atomic E-state index is 14.3. The molecule has 0 saturated heterocycles. The molecule has 0 fully saturated rings. The van der Waals surface area contributed by atoms with Crippen LogP contribution >= 0.6 is 0 Å². The van der Waals surface area contributed by atoms with Gasteiger partial charge in [-0.15, -0.1) is 0 Å². The predicted octanol–water partition coefficient (Wildman–Crippen LogP) is 2.56. The minimum absolute atomic E-state index is 0.0112. The number of hydrogen-bond acceptors (Lipinski definition) is 6. The Morgan fingerprint density at radius 3 is 2.53 bits per heavy atom. The predicted molar refractivity (Wildman–Crippen MR) is 115 cm³/mol. The topological polar surface area (TPSA) is 118 Å². The molecule has 2 heterocycles. The molecule has 0 radical (unpaired) electrons. The highest BCUT2D eigenvalue weighted by molar-refractivity contribution is 7.92. The highest BCUT2D eigenvalue weighted by atomic mass is 32.2. The number of hydrogen-bond donors (Lipinski definition) is 2. The Bertz CT molecular complexity index is 1160. The quantitative estimate of drug-likeness (QED) is 0.455. The van der Waals surface area contributed by atoms with Gasteiger partial charge in [-0.05, 0) is 51.0 Å². The fourth-order valence-corrected chi connectivity index (χ4v) is 4.36. The molecule has 1 aliphatic heterocycles. The van der Waals surface area contributed by atoms with Crippen LogP contribution in [0.4, 0.5) is 9.18 Å². The van der Waals surface area contributed by atoms with E-state index in [2.05, 4.69) is 0 Å². The lowest BCUT2D eigenvalue weighted by atomic mass is 10.1. The van der Waals surface area contributed by atoms with Gasteiger partial charge < -0.3 is 9.64 Å². The van der Waals surface area contributed by atoms with E-state index in [0.29, 0.717) is 16.8 Å². The third kappa shape index (κ3) is 4.35. The van der Waals surface area contributed by atoms with Crippen molar-refractivity contribution < 1.29 is 32.3 Å². The van der Waals surface area contributed by atoms with Gasteiger partial charge in [0.2, 0.25) is 0 Å². The second-order valence-corrected chi connectivity index (χ2v) is 10.7. The standard InChI is InChI=1S/C21H26FN3O6S/c1-13(2)31-18-6-5-14(10-17(18)22)15-9-16-12-24(20(27)25(16)11-15)8-7-21(3,19(26)23-28)32(4,29)30/h5-6,9-11,13,28H,7-8,12H2,1-4H3,(H,23,26). The number of nitrogens with one attached hydrogen (secondary N) is 1. The molecular formula is C21H26FN3O6S. The van der Waals surface area contributed by atoms with E-state index in [9.17, 15) is 22.4 Å². The van der Waals surface area contributed by atoms with Crippen LogP contribution in [-0.2, 0) is 21.2 Å². The molecule has 2 amide bonds. The van der Waals surface area contributed by atoms with Gasteiger partial charge in [0, 0.05) is 30.3 Å². The van der Waals surface area contributed by atoms with Crippen LogP contribution in [0.25, 0.3) is 11.1 Å². The summed E-state index contributed by atoms with van der Waals surface area (Å²) in [4.78, 5) is 26.2. The van der Waals surface area contributed by atoms with Crippen LogP contribution in [-0.4, -0.2) is 58.7 Å². The van der Waals surface area contributed by atoms with Crippen LogP contribution in [0.5, 0.6) is 5.75 Å². The van der Waals surface area contributed by atoms with Crippen molar-refractivity contribution in [2.24, 2.45) is 0 Å². The first-order valence-corrected chi connectivity index (χ1v) is 11.9. The number of aromatic nitrogens is 1. The van der Waals surface area contributed by atoms with Crippen molar-refractivity contribution in [3.05, 3.63) is 42.0 Å². The summed E-state index contributed by atoms with van der Waals surface area (Å²) in [5.74, 6) is -1.41. The van der Waals surface area contributed by atoms with Gasteiger partial charge in [-0.1, -0.05) is 6.07 Å². The minimum atomic E-state index is -3.86. The number of fused-ring (bicyclic) bond motifs is 1. The number of nitrogens with zero attached hydrogens (tertiary/aromatic N) is 2. The smallest absolute Gasteiger partial charge is 0.328 e. The van der Waals surface area contributed by atoms with E-state index in [4.69, 9.17) is 9.94 Å². The molecule has 1 aromatic carbocycles. The average molecular weight is 468 g/mol. The van der Waals surface area contributed by atoms with Crippen molar-refractivity contribution in [1.29, 1.82) is 0 Å². The molecule has 32 heavy (non-hydrogen) atoms. The third-order valence-electron chi connectivity index (χ3n) is 5.62. The summed E-state index contributed by atoms with van der Waals surface area (Å²) in [6.45, 7) is 5.00.